The van der Waals surface area contributed by atoms with Crippen LogP contribution in [-0.2, 0) is 19.5 Å². The third-order valence-corrected chi connectivity index (χ3v) is 3.52. The molecular weight excluding hydrogens is 234 g/mol. The van der Waals surface area contributed by atoms with Crippen LogP contribution in [0.1, 0.15) is 45.0 Å². The Hall–Kier alpha value is -1.35. The highest BCUT2D eigenvalue weighted by molar-refractivity contribution is 5.77. The number of nitrogens with two attached hydrogens (primary N) is 1. The predicted molar refractivity (Wildman–Crippen MR) is 81.1 cm³/mol. The van der Waals surface area contributed by atoms with Crippen LogP contribution in [0.15, 0.2) is 18.2 Å². The van der Waals surface area contributed by atoms with E-state index >= 15 is 0 Å². The number of rotatable bonds is 6. The van der Waals surface area contributed by atoms with Gasteiger partial charge in [0.15, 0.2) is 0 Å². The zero-order valence-electron chi connectivity index (χ0n) is 12.3. The summed E-state index contributed by atoms with van der Waals surface area (Å²) in [7, 11) is 0. The van der Waals surface area contributed by atoms with Crippen molar-refractivity contribution < 1.29 is 0 Å². The van der Waals surface area contributed by atoms with Crippen LogP contribution >= 0.6 is 0 Å². The molecule has 0 atom stereocenters. The molecule has 0 saturated carbocycles. The molecule has 0 bridgehead atoms. The van der Waals surface area contributed by atoms with Crippen LogP contribution in [0.2, 0.25) is 0 Å². The first kappa shape index (κ1) is 14.1. The molecule has 2 N–H and O–H groups in total. The van der Waals surface area contributed by atoms with E-state index < -0.39 is 0 Å². The van der Waals surface area contributed by atoms with E-state index in [9.17, 15) is 0 Å². The maximum absolute atomic E-state index is 5.71. The Balaban J connectivity index is 2.40. The Kier molecular flexibility index (Phi) is 4.59. The van der Waals surface area contributed by atoms with Crippen molar-refractivity contribution in [2.45, 2.75) is 53.1 Å². The minimum atomic E-state index is 0.581. The van der Waals surface area contributed by atoms with Gasteiger partial charge in [-0.25, -0.2) is 4.98 Å². The molecule has 1 aromatic carbocycles. The lowest BCUT2D eigenvalue weighted by molar-refractivity contribution is 0.553. The number of aryl methyl sites for hydroxylation is 2. The monoisotopic (exact) mass is 259 g/mol. The molecule has 0 aliphatic rings. The second-order valence-corrected chi connectivity index (χ2v) is 5.64. The summed E-state index contributed by atoms with van der Waals surface area (Å²) in [4.78, 5) is 4.82. The van der Waals surface area contributed by atoms with Gasteiger partial charge in [0.05, 0.1) is 11.0 Å². The van der Waals surface area contributed by atoms with Gasteiger partial charge in [0.25, 0.3) is 0 Å². The van der Waals surface area contributed by atoms with E-state index in [-0.39, 0.29) is 0 Å². The van der Waals surface area contributed by atoms with E-state index in [1.807, 2.05) is 0 Å². The normalized spacial score (nSPS) is 11.6. The Labute approximate surface area is 115 Å². The fourth-order valence-corrected chi connectivity index (χ4v) is 2.43. The molecule has 0 fully saturated rings. The number of imidazole rings is 1. The zero-order chi connectivity index (χ0) is 13.8. The van der Waals surface area contributed by atoms with E-state index in [1.165, 1.54) is 17.8 Å². The Bertz CT molecular complexity index is 540. The van der Waals surface area contributed by atoms with Crippen LogP contribution in [0.25, 0.3) is 11.0 Å². The molecule has 1 heterocycles. The maximum Gasteiger partial charge on any atom is 0.109 e. The average Bonchev–Trinajstić information content (AvgIpc) is 2.74. The first-order valence-corrected chi connectivity index (χ1v) is 7.33. The summed E-state index contributed by atoms with van der Waals surface area (Å²) in [5, 5.41) is 0. The van der Waals surface area contributed by atoms with Crippen molar-refractivity contribution in [2.75, 3.05) is 0 Å². The van der Waals surface area contributed by atoms with Gasteiger partial charge < -0.3 is 10.3 Å². The van der Waals surface area contributed by atoms with Crippen molar-refractivity contribution in [3.63, 3.8) is 0 Å². The van der Waals surface area contributed by atoms with Crippen LogP contribution < -0.4 is 5.73 Å². The number of aromatic nitrogens is 2. The van der Waals surface area contributed by atoms with Crippen molar-refractivity contribution >= 4 is 11.0 Å². The Morgan fingerprint density at radius 3 is 2.74 bits per heavy atom. The van der Waals surface area contributed by atoms with Gasteiger partial charge in [-0.05, 0) is 36.5 Å². The molecule has 3 nitrogen and oxygen atoms in total. The van der Waals surface area contributed by atoms with Crippen LogP contribution in [0.5, 0.6) is 0 Å². The molecule has 3 heteroatoms. The molecule has 0 radical (unpaired) electrons. The number of hydrogen-bond acceptors (Lipinski definition) is 2. The second-order valence-electron chi connectivity index (χ2n) is 5.64. The first-order valence-electron chi connectivity index (χ1n) is 7.33. The molecule has 0 aliphatic carbocycles. The molecule has 19 heavy (non-hydrogen) atoms. The molecule has 104 valence electrons. The van der Waals surface area contributed by atoms with Crippen molar-refractivity contribution in [2.24, 2.45) is 11.7 Å². The molecule has 0 spiro atoms. The molecule has 0 saturated heterocycles. The van der Waals surface area contributed by atoms with Gasteiger partial charge in [0, 0.05) is 19.5 Å². The molecular formula is C16H25N3. The zero-order valence-corrected chi connectivity index (χ0v) is 12.3. The number of hydrogen-bond donors (Lipinski definition) is 1. The highest BCUT2D eigenvalue weighted by Crippen LogP contribution is 2.20. The number of benzene rings is 1. The summed E-state index contributed by atoms with van der Waals surface area (Å²) in [6, 6.07) is 6.40. The summed E-state index contributed by atoms with van der Waals surface area (Å²) >= 11 is 0. The average molecular weight is 259 g/mol. The summed E-state index contributed by atoms with van der Waals surface area (Å²) < 4.78 is 2.37. The standard InChI is InChI=1S/C16H25N3/c1-4-9-19-15-7-6-13(11-17)10-14(15)18-16(19)8-5-12(2)3/h6-7,10,12H,4-5,8-9,11,17H2,1-3H3. The van der Waals surface area contributed by atoms with Gasteiger partial charge >= 0.3 is 0 Å². The number of nitrogens with zero attached hydrogens (tertiary/aromatic N) is 2. The van der Waals surface area contributed by atoms with Crippen molar-refractivity contribution in [1.82, 2.24) is 9.55 Å². The van der Waals surface area contributed by atoms with Gasteiger partial charge in [0.2, 0.25) is 0 Å². The van der Waals surface area contributed by atoms with Crippen LogP contribution in [0, 0.1) is 5.92 Å². The maximum atomic E-state index is 5.71. The van der Waals surface area contributed by atoms with Gasteiger partial charge in [-0.3, -0.25) is 0 Å². The molecule has 2 rings (SSSR count). The largest absolute Gasteiger partial charge is 0.328 e. The molecule has 0 amide bonds. The smallest absolute Gasteiger partial charge is 0.109 e. The van der Waals surface area contributed by atoms with Gasteiger partial charge in [-0.2, -0.15) is 0 Å². The fraction of sp³-hybridized carbons (Fsp3) is 0.562. The van der Waals surface area contributed by atoms with Crippen LogP contribution in [-0.4, -0.2) is 9.55 Å². The molecule has 0 unspecified atom stereocenters. The van der Waals surface area contributed by atoms with E-state index in [0.717, 1.165) is 36.4 Å². The van der Waals surface area contributed by atoms with Gasteiger partial charge in [-0.15, -0.1) is 0 Å². The lowest BCUT2D eigenvalue weighted by Gasteiger charge is -2.09. The van der Waals surface area contributed by atoms with Crippen molar-refractivity contribution in [1.29, 1.82) is 0 Å². The minimum Gasteiger partial charge on any atom is -0.328 e. The predicted octanol–water partition coefficient (Wildman–Crippen LogP) is 3.49. The lowest BCUT2D eigenvalue weighted by Crippen LogP contribution is -2.05. The minimum absolute atomic E-state index is 0.581. The van der Waals surface area contributed by atoms with E-state index in [4.69, 9.17) is 10.7 Å². The Morgan fingerprint density at radius 1 is 1.32 bits per heavy atom. The second kappa shape index (κ2) is 6.20. The lowest BCUT2D eigenvalue weighted by atomic mass is 10.1. The van der Waals surface area contributed by atoms with Crippen molar-refractivity contribution in [3.8, 4) is 0 Å². The third-order valence-electron chi connectivity index (χ3n) is 3.52. The summed E-state index contributed by atoms with van der Waals surface area (Å²) in [6.07, 6.45) is 3.39. The molecule has 0 aliphatic heterocycles. The van der Waals surface area contributed by atoms with Crippen molar-refractivity contribution in [3.05, 3.63) is 29.6 Å². The summed E-state index contributed by atoms with van der Waals surface area (Å²) in [5.74, 6) is 1.94. The van der Waals surface area contributed by atoms with Crippen LogP contribution in [0.3, 0.4) is 0 Å². The van der Waals surface area contributed by atoms with Crippen LogP contribution in [0.4, 0.5) is 0 Å². The highest BCUT2D eigenvalue weighted by Gasteiger charge is 2.11. The van der Waals surface area contributed by atoms with Gasteiger partial charge in [-0.1, -0.05) is 26.8 Å². The highest BCUT2D eigenvalue weighted by atomic mass is 15.1. The van der Waals surface area contributed by atoms with E-state index in [1.54, 1.807) is 0 Å². The van der Waals surface area contributed by atoms with E-state index in [0.29, 0.717) is 6.54 Å². The van der Waals surface area contributed by atoms with E-state index in [2.05, 4.69) is 43.5 Å². The molecule has 2 aromatic rings. The van der Waals surface area contributed by atoms with Gasteiger partial charge in [0.1, 0.15) is 5.82 Å². The summed E-state index contributed by atoms with van der Waals surface area (Å²) in [5.41, 5.74) is 9.21. The molecule has 1 aromatic heterocycles. The number of fused-ring (bicyclic) bond motifs is 1. The fourth-order valence-electron chi connectivity index (χ4n) is 2.43. The topological polar surface area (TPSA) is 43.8 Å². The SMILES string of the molecule is CCCn1c(CCC(C)C)nc2cc(CN)ccc21. The quantitative estimate of drug-likeness (QED) is 0.863. The third kappa shape index (κ3) is 3.16. The summed E-state index contributed by atoms with van der Waals surface area (Å²) in [6.45, 7) is 8.37. The first-order chi connectivity index (χ1) is 9.15. The Morgan fingerprint density at radius 2 is 2.11 bits per heavy atom.